The number of non-ortho nitro benzene ring substituents is 1. The normalized spacial score (nSPS) is 15.7. The van der Waals surface area contributed by atoms with E-state index < -0.39 is 4.92 Å². The van der Waals surface area contributed by atoms with Gasteiger partial charge in [-0.25, -0.2) is 0 Å². The van der Waals surface area contributed by atoms with Crippen molar-refractivity contribution in [3.05, 3.63) is 39.9 Å². The third kappa shape index (κ3) is 5.01. The summed E-state index contributed by atoms with van der Waals surface area (Å²) in [7, 11) is 2.06. The van der Waals surface area contributed by atoms with Crippen LogP contribution < -0.4 is 0 Å². The molecule has 0 atom stereocenters. The van der Waals surface area contributed by atoms with Crippen LogP contribution in [-0.2, 0) is 11.2 Å². The Morgan fingerprint density at radius 2 is 2.12 bits per heavy atom. The topological polar surface area (TPSA) is 86.9 Å². The molecule has 1 fully saturated rings. The van der Waals surface area contributed by atoms with Crippen LogP contribution in [0, 0.1) is 10.1 Å². The molecule has 1 aliphatic rings. The van der Waals surface area contributed by atoms with E-state index in [1.165, 1.54) is 12.1 Å². The second kappa shape index (κ2) is 8.75. The second-order valence-electron chi connectivity index (χ2n) is 6.27. The van der Waals surface area contributed by atoms with Crippen LogP contribution in [0.2, 0.25) is 0 Å². The molecule has 0 aliphatic carbocycles. The van der Waals surface area contributed by atoms with Crippen molar-refractivity contribution in [1.29, 1.82) is 0 Å². The van der Waals surface area contributed by atoms with Crippen LogP contribution in [0.3, 0.4) is 0 Å². The highest BCUT2D eigenvalue weighted by molar-refractivity contribution is 5.79. The molecule has 2 rings (SSSR count). The largest absolute Gasteiger partial charge is 0.396 e. The molecule has 7 heteroatoms. The van der Waals surface area contributed by atoms with Gasteiger partial charge >= 0.3 is 0 Å². The lowest BCUT2D eigenvalue weighted by molar-refractivity contribution is -0.384. The number of carbonyl (C=O) groups excluding carboxylic acids is 1. The first kappa shape index (κ1) is 18.4. The van der Waals surface area contributed by atoms with E-state index in [9.17, 15) is 14.9 Å². The van der Waals surface area contributed by atoms with Crippen molar-refractivity contribution in [2.45, 2.75) is 31.7 Å². The van der Waals surface area contributed by atoms with E-state index in [4.69, 9.17) is 5.11 Å². The highest BCUT2D eigenvalue weighted by Gasteiger charge is 2.25. The highest BCUT2D eigenvalue weighted by Crippen LogP contribution is 2.18. The third-order valence-corrected chi connectivity index (χ3v) is 4.59. The summed E-state index contributed by atoms with van der Waals surface area (Å²) in [6.45, 7) is 2.48. The molecule has 1 amide bonds. The summed E-state index contributed by atoms with van der Waals surface area (Å²) in [5.41, 5.74) is 0.695. The van der Waals surface area contributed by atoms with Gasteiger partial charge in [0.15, 0.2) is 0 Å². The molecule has 0 saturated carbocycles. The van der Waals surface area contributed by atoms with Crippen molar-refractivity contribution in [2.24, 2.45) is 0 Å². The average molecular weight is 335 g/mol. The maximum atomic E-state index is 12.4. The first-order valence-corrected chi connectivity index (χ1v) is 8.33. The Bertz CT molecular complexity index is 571. The molecule has 1 heterocycles. The van der Waals surface area contributed by atoms with Gasteiger partial charge in [0.1, 0.15) is 0 Å². The summed E-state index contributed by atoms with van der Waals surface area (Å²) in [4.78, 5) is 26.9. The Kier molecular flexibility index (Phi) is 6.69. The van der Waals surface area contributed by atoms with Crippen molar-refractivity contribution in [3.8, 4) is 0 Å². The molecule has 1 aromatic rings. The molecule has 0 aromatic heterocycles. The summed E-state index contributed by atoms with van der Waals surface area (Å²) in [6.07, 6.45) is 2.81. The number of nitro groups is 1. The number of aliphatic hydroxyl groups excluding tert-OH is 1. The van der Waals surface area contributed by atoms with Crippen molar-refractivity contribution in [3.63, 3.8) is 0 Å². The second-order valence-corrected chi connectivity index (χ2v) is 6.27. The molecular weight excluding hydrogens is 310 g/mol. The minimum absolute atomic E-state index is 0.0181. The van der Waals surface area contributed by atoms with Crippen molar-refractivity contribution in [1.82, 2.24) is 9.80 Å². The molecule has 132 valence electrons. The zero-order valence-electron chi connectivity index (χ0n) is 14.1. The Balaban J connectivity index is 1.84. The molecule has 1 aromatic carbocycles. The van der Waals surface area contributed by atoms with Crippen LogP contribution in [0.4, 0.5) is 5.69 Å². The number of amides is 1. The molecule has 1 saturated heterocycles. The first-order valence-electron chi connectivity index (χ1n) is 8.33. The van der Waals surface area contributed by atoms with Crippen LogP contribution in [0.1, 0.15) is 24.8 Å². The van der Waals surface area contributed by atoms with E-state index in [0.717, 1.165) is 25.8 Å². The van der Waals surface area contributed by atoms with Crippen LogP contribution in [0.5, 0.6) is 0 Å². The van der Waals surface area contributed by atoms with Gasteiger partial charge in [-0.2, -0.15) is 0 Å². The van der Waals surface area contributed by atoms with E-state index in [2.05, 4.69) is 11.9 Å². The predicted molar refractivity (Wildman–Crippen MR) is 90.7 cm³/mol. The number of rotatable bonds is 7. The van der Waals surface area contributed by atoms with Crippen LogP contribution in [0.25, 0.3) is 0 Å². The zero-order valence-corrected chi connectivity index (χ0v) is 14.1. The fraction of sp³-hybridized carbons (Fsp3) is 0.588. The zero-order chi connectivity index (χ0) is 17.5. The summed E-state index contributed by atoms with van der Waals surface area (Å²) >= 11 is 0. The molecule has 1 N–H and O–H groups in total. The van der Waals surface area contributed by atoms with E-state index in [0.29, 0.717) is 24.7 Å². The van der Waals surface area contributed by atoms with Gasteiger partial charge < -0.3 is 14.9 Å². The van der Waals surface area contributed by atoms with E-state index in [1.54, 1.807) is 12.1 Å². The minimum Gasteiger partial charge on any atom is -0.396 e. The van der Waals surface area contributed by atoms with Gasteiger partial charge in [0.2, 0.25) is 5.91 Å². The molecular formula is C17H25N3O4. The fourth-order valence-electron chi connectivity index (χ4n) is 3.13. The Morgan fingerprint density at radius 1 is 1.42 bits per heavy atom. The molecule has 0 bridgehead atoms. The number of hydrogen-bond donors (Lipinski definition) is 1. The van der Waals surface area contributed by atoms with E-state index in [1.807, 2.05) is 4.90 Å². The smallest absolute Gasteiger partial charge is 0.269 e. The minimum atomic E-state index is -0.443. The molecule has 24 heavy (non-hydrogen) atoms. The number of nitrogens with zero attached hydrogens (tertiary/aromatic N) is 3. The van der Waals surface area contributed by atoms with E-state index in [-0.39, 0.29) is 24.6 Å². The van der Waals surface area contributed by atoms with Crippen molar-refractivity contribution in [2.75, 3.05) is 33.3 Å². The lowest BCUT2D eigenvalue weighted by Crippen LogP contribution is -2.46. The van der Waals surface area contributed by atoms with Gasteiger partial charge in [-0.3, -0.25) is 14.9 Å². The Labute approximate surface area is 142 Å². The monoisotopic (exact) mass is 335 g/mol. The first-order chi connectivity index (χ1) is 11.5. The molecule has 0 radical (unpaired) electrons. The van der Waals surface area contributed by atoms with Gasteiger partial charge in [-0.15, -0.1) is 0 Å². The molecule has 1 aliphatic heterocycles. The van der Waals surface area contributed by atoms with Gasteiger partial charge in [0, 0.05) is 44.4 Å². The van der Waals surface area contributed by atoms with Crippen LogP contribution in [-0.4, -0.2) is 65.1 Å². The van der Waals surface area contributed by atoms with Crippen LogP contribution >= 0.6 is 0 Å². The molecule has 7 nitrogen and oxygen atoms in total. The van der Waals surface area contributed by atoms with Gasteiger partial charge in [0.05, 0.1) is 11.3 Å². The predicted octanol–water partition coefficient (Wildman–Crippen LogP) is 1.44. The number of nitro benzene ring substituents is 1. The van der Waals surface area contributed by atoms with Crippen molar-refractivity contribution >= 4 is 11.6 Å². The van der Waals surface area contributed by atoms with E-state index >= 15 is 0 Å². The maximum Gasteiger partial charge on any atom is 0.269 e. The number of hydrogen-bond acceptors (Lipinski definition) is 5. The van der Waals surface area contributed by atoms with Crippen molar-refractivity contribution < 1.29 is 14.8 Å². The summed E-state index contributed by atoms with van der Waals surface area (Å²) in [5, 5.41) is 19.7. The number of aliphatic hydroxyl groups is 1. The average Bonchev–Trinajstić information content (AvgIpc) is 2.60. The number of benzene rings is 1. The summed E-state index contributed by atoms with van der Waals surface area (Å²) in [5.74, 6) is 0.0203. The molecule has 0 unspecified atom stereocenters. The fourth-order valence-corrected chi connectivity index (χ4v) is 3.13. The molecule has 0 spiro atoms. The van der Waals surface area contributed by atoms with Gasteiger partial charge in [-0.05, 0) is 31.9 Å². The van der Waals surface area contributed by atoms with Gasteiger partial charge in [-0.1, -0.05) is 12.1 Å². The SMILES string of the molecule is CN(CCCO)C1CCN(C(=O)Cc2cccc([N+](=O)[O-])c2)CC1. The Hall–Kier alpha value is -1.99. The lowest BCUT2D eigenvalue weighted by Gasteiger charge is -2.36. The Morgan fingerprint density at radius 3 is 2.75 bits per heavy atom. The lowest BCUT2D eigenvalue weighted by atomic mass is 10.0. The standard InChI is InChI=1S/C17H25N3O4/c1-18(8-3-11-21)15-6-9-19(10-7-15)17(22)13-14-4-2-5-16(12-14)20(23)24/h2,4-5,12,15,21H,3,6-11,13H2,1H3. The summed E-state index contributed by atoms with van der Waals surface area (Å²) < 4.78 is 0. The summed E-state index contributed by atoms with van der Waals surface area (Å²) in [6, 6.07) is 6.71. The van der Waals surface area contributed by atoms with Gasteiger partial charge in [0.25, 0.3) is 5.69 Å². The third-order valence-electron chi connectivity index (χ3n) is 4.59. The quantitative estimate of drug-likeness (QED) is 0.602. The van der Waals surface area contributed by atoms with Crippen LogP contribution in [0.15, 0.2) is 24.3 Å². The number of likely N-dealkylation sites (tertiary alicyclic amines) is 1. The highest BCUT2D eigenvalue weighted by atomic mass is 16.6. The number of carbonyl (C=O) groups is 1. The number of piperidine rings is 1. The maximum absolute atomic E-state index is 12.4.